The summed E-state index contributed by atoms with van der Waals surface area (Å²) in [7, 11) is -3.77. The first-order valence-corrected chi connectivity index (χ1v) is 10.4. The first-order chi connectivity index (χ1) is 12.2. The van der Waals surface area contributed by atoms with E-state index in [2.05, 4.69) is 24.7 Å². The van der Waals surface area contributed by atoms with E-state index in [9.17, 15) is 8.42 Å². The average Bonchev–Trinajstić information content (AvgIpc) is 3.18. The zero-order valence-electron chi connectivity index (χ0n) is 16.0. The largest absolute Gasteiger partial charge is 0.341 e. The molecule has 1 fully saturated rings. The number of hydrogen-bond donors (Lipinski definition) is 1. The van der Waals surface area contributed by atoms with E-state index in [0.29, 0.717) is 41.0 Å². The van der Waals surface area contributed by atoms with Gasteiger partial charge in [0.25, 0.3) is 10.0 Å². The monoisotopic (exact) mass is 378 g/mol. The molecular weight excluding hydrogens is 352 g/mol. The van der Waals surface area contributed by atoms with E-state index in [1.165, 1.54) is 0 Å². The maximum Gasteiger partial charge on any atom is 0.265 e. The molecule has 1 aliphatic rings. The summed E-state index contributed by atoms with van der Waals surface area (Å²) < 4.78 is 30.3. The fourth-order valence-corrected chi connectivity index (χ4v) is 5.06. The smallest absolute Gasteiger partial charge is 0.265 e. The lowest BCUT2D eigenvalue weighted by atomic mass is 10.3. The topological polar surface area (TPSA) is 93.0 Å². The molecule has 1 N–H and O–H groups in total. The lowest BCUT2D eigenvalue weighted by molar-refractivity contribution is 0.598. The predicted octanol–water partition coefficient (Wildman–Crippen LogP) is 2.33. The molecule has 2 aromatic rings. The van der Waals surface area contributed by atoms with Gasteiger partial charge in [-0.3, -0.25) is 9.40 Å². The van der Waals surface area contributed by atoms with Crippen LogP contribution < -0.4 is 9.62 Å². The van der Waals surface area contributed by atoms with E-state index in [1.54, 1.807) is 32.4 Å². The zero-order valence-corrected chi connectivity index (χ0v) is 16.8. The van der Waals surface area contributed by atoms with Gasteiger partial charge in [0, 0.05) is 19.6 Å². The zero-order chi connectivity index (χ0) is 19.1. The molecule has 0 spiro atoms. The molecular formula is C17H26N6O2S. The second kappa shape index (κ2) is 6.86. The lowest BCUT2D eigenvalue weighted by Gasteiger charge is -2.19. The molecule has 0 saturated carbocycles. The highest BCUT2D eigenvalue weighted by atomic mass is 32.2. The third-order valence-corrected chi connectivity index (χ3v) is 6.37. The molecule has 0 aliphatic carbocycles. The molecule has 0 unspecified atom stereocenters. The van der Waals surface area contributed by atoms with Gasteiger partial charge in [-0.05, 0) is 47.5 Å². The molecule has 26 heavy (non-hydrogen) atoms. The van der Waals surface area contributed by atoms with Crippen molar-refractivity contribution >= 4 is 21.7 Å². The van der Waals surface area contributed by atoms with E-state index < -0.39 is 10.0 Å². The van der Waals surface area contributed by atoms with Gasteiger partial charge in [-0.25, -0.2) is 18.4 Å². The van der Waals surface area contributed by atoms with E-state index >= 15 is 0 Å². The van der Waals surface area contributed by atoms with Gasteiger partial charge in [0.1, 0.15) is 4.90 Å². The maximum absolute atomic E-state index is 13.0. The Morgan fingerprint density at radius 1 is 1.00 bits per heavy atom. The number of aromatic nitrogens is 4. The summed E-state index contributed by atoms with van der Waals surface area (Å²) in [4.78, 5) is 11.4. The van der Waals surface area contributed by atoms with Gasteiger partial charge in [0.2, 0.25) is 5.95 Å². The Morgan fingerprint density at radius 2 is 1.58 bits per heavy atom. The molecule has 1 saturated heterocycles. The molecule has 9 heteroatoms. The van der Waals surface area contributed by atoms with Crippen LogP contribution in [0.1, 0.15) is 42.5 Å². The Morgan fingerprint density at radius 3 is 2.08 bits per heavy atom. The minimum atomic E-state index is -3.77. The predicted molar refractivity (Wildman–Crippen MR) is 101 cm³/mol. The molecule has 8 nitrogen and oxygen atoms in total. The van der Waals surface area contributed by atoms with Crippen molar-refractivity contribution in [3.63, 3.8) is 0 Å². The highest BCUT2D eigenvalue weighted by molar-refractivity contribution is 7.92. The van der Waals surface area contributed by atoms with E-state index in [0.717, 1.165) is 25.9 Å². The van der Waals surface area contributed by atoms with Crippen molar-refractivity contribution < 1.29 is 8.42 Å². The highest BCUT2D eigenvalue weighted by Gasteiger charge is 2.26. The molecule has 0 atom stereocenters. The van der Waals surface area contributed by atoms with Gasteiger partial charge in [-0.2, -0.15) is 5.10 Å². The fraction of sp³-hybridized carbons (Fsp3) is 0.588. The number of rotatable bonds is 5. The minimum Gasteiger partial charge on any atom is -0.341 e. The molecule has 0 bridgehead atoms. The number of aryl methyl sites for hydroxylation is 4. The summed E-state index contributed by atoms with van der Waals surface area (Å²) >= 11 is 0. The average molecular weight is 379 g/mol. The van der Waals surface area contributed by atoms with Crippen molar-refractivity contribution in [1.82, 2.24) is 19.7 Å². The summed E-state index contributed by atoms with van der Waals surface area (Å²) in [5, 5.41) is 4.31. The maximum atomic E-state index is 13.0. The van der Waals surface area contributed by atoms with Crippen LogP contribution in [0.25, 0.3) is 0 Å². The van der Waals surface area contributed by atoms with Gasteiger partial charge in [0.05, 0.1) is 28.5 Å². The standard InChI is InChI=1S/C17H26N6O2S/c1-6-23-14(5)16(13(4)20-23)26(24,25)21-15-11(2)18-17(19-12(15)3)22-9-7-8-10-22/h21H,6-10H2,1-5H3. The van der Waals surface area contributed by atoms with Gasteiger partial charge in [-0.15, -0.1) is 0 Å². The van der Waals surface area contributed by atoms with Crippen LogP contribution in [0, 0.1) is 27.7 Å². The highest BCUT2D eigenvalue weighted by Crippen LogP contribution is 2.27. The summed E-state index contributed by atoms with van der Waals surface area (Å²) in [6, 6.07) is 0. The Hall–Kier alpha value is -2.16. The quantitative estimate of drug-likeness (QED) is 0.858. The third kappa shape index (κ3) is 3.27. The Balaban J connectivity index is 1.96. The minimum absolute atomic E-state index is 0.224. The fourth-order valence-electron chi connectivity index (χ4n) is 3.47. The Labute approximate surface area is 154 Å². The van der Waals surface area contributed by atoms with E-state index in [-0.39, 0.29) is 4.90 Å². The van der Waals surface area contributed by atoms with Crippen LogP contribution >= 0.6 is 0 Å². The van der Waals surface area contributed by atoms with Crippen LogP contribution in [0.15, 0.2) is 4.90 Å². The SMILES string of the molecule is CCn1nc(C)c(S(=O)(=O)Nc2c(C)nc(N3CCCC3)nc2C)c1C. The molecule has 3 rings (SSSR count). The van der Waals surface area contributed by atoms with Crippen molar-refractivity contribution in [3.8, 4) is 0 Å². The van der Waals surface area contributed by atoms with Gasteiger partial charge in [0.15, 0.2) is 0 Å². The summed E-state index contributed by atoms with van der Waals surface area (Å²) in [6.45, 7) is 11.5. The normalized spacial score (nSPS) is 14.9. The van der Waals surface area contributed by atoms with Crippen molar-refractivity contribution in [2.75, 3.05) is 22.7 Å². The van der Waals surface area contributed by atoms with Crippen LogP contribution in [0.4, 0.5) is 11.6 Å². The van der Waals surface area contributed by atoms with Gasteiger partial charge in [-0.1, -0.05) is 0 Å². The first kappa shape index (κ1) is 18.6. The van der Waals surface area contributed by atoms with Gasteiger partial charge < -0.3 is 4.90 Å². The van der Waals surface area contributed by atoms with E-state index in [1.807, 2.05) is 6.92 Å². The number of sulfonamides is 1. The molecule has 3 heterocycles. The number of anilines is 2. The molecule has 0 aromatic carbocycles. The summed E-state index contributed by atoms with van der Waals surface area (Å²) in [6.07, 6.45) is 2.27. The van der Waals surface area contributed by atoms with Gasteiger partial charge >= 0.3 is 0 Å². The van der Waals surface area contributed by atoms with Crippen LogP contribution in [0.3, 0.4) is 0 Å². The Kier molecular flexibility index (Phi) is 4.92. The van der Waals surface area contributed by atoms with Crippen LogP contribution in [0.2, 0.25) is 0 Å². The third-order valence-electron chi connectivity index (χ3n) is 4.77. The van der Waals surface area contributed by atoms with Crippen molar-refractivity contribution in [3.05, 3.63) is 22.8 Å². The number of nitrogens with zero attached hydrogens (tertiary/aromatic N) is 5. The second-order valence-electron chi connectivity index (χ2n) is 6.68. The lowest BCUT2D eigenvalue weighted by Crippen LogP contribution is -2.23. The second-order valence-corrected chi connectivity index (χ2v) is 8.30. The number of nitrogens with one attached hydrogen (secondary N) is 1. The summed E-state index contributed by atoms with van der Waals surface area (Å²) in [5.41, 5.74) is 2.81. The molecule has 0 radical (unpaired) electrons. The van der Waals surface area contributed by atoms with Crippen LogP contribution in [-0.2, 0) is 16.6 Å². The summed E-state index contributed by atoms with van der Waals surface area (Å²) in [5.74, 6) is 0.673. The first-order valence-electron chi connectivity index (χ1n) is 8.91. The Bertz CT molecular complexity index is 906. The molecule has 1 aliphatic heterocycles. The van der Waals surface area contributed by atoms with Crippen molar-refractivity contribution in [1.29, 1.82) is 0 Å². The number of hydrogen-bond acceptors (Lipinski definition) is 6. The molecule has 142 valence electrons. The molecule has 0 amide bonds. The van der Waals surface area contributed by atoms with Crippen LogP contribution in [0.5, 0.6) is 0 Å². The van der Waals surface area contributed by atoms with E-state index in [4.69, 9.17) is 0 Å². The van der Waals surface area contributed by atoms with Crippen molar-refractivity contribution in [2.24, 2.45) is 0 Å². The van der Waals surface area contributed by atoms with Crippen LogP contribution in [-0.4, -0.2) is 41.3 Å². The van der Waals surface area contributed by atoms with Crippen molar-refractivity contribution in [2.45, 2.75) is 58.9 Å². The molecule has 2 aromatic heterocycles.